The lowest BCUT2D eigenvalue weighted by atomic mass is 10.1. The third-order valence-corrected chi connectivity index (χ3v) is 6.75. The van der Waals surface area contributed by atoms with Crippen LogP contribution in [0.2, 0.25) is 0 Å². The molecule has 0 aliphatic rings. The minimum absolute atomic E-state index is 0.140. The molecular formula is C24H16F3N3O4S. The predicted molar refractivity (Wildman–Crippen MR) is 121 cm³/mol. The van der Waals surface area contributed by atoms with Crippen LogP contribution in [0.4, 0.5) is 18.9 Å². The summed E-state index contributed by atoms with van der Waals surface area (Å²) >= 11 is 0. The van der Waals surface area contributed by atoms with Crippen molar-refractivity contribution in [3.63, 3.8) is 0 Å². The van der Waals surface area contributed by atoms with Crippen LogP contribution in [0, 0.1) is 11.3 Å². The summed E-state index contributed by atoms with van der Waals surface area (Å²) in [5.74, 6) is -0.797. The number of sulfone groups is 1. The molecular weight excluding hydrogens is 483 g/mol. The number of aryl methyl sites for hydroxylation is 1. The van der Waals surface area contributed by atoms with Gasteiger partial charge in [-0.25, -0.2) is 13.4 Å². The van der Waals surface area contributed by atoms with Crippen molar-refractivity contribution < 1.29 is 30.8 Å². The first-order valence-electron chi connectivity index (χ1n) is 10.2. The molecule has 0 unspecified atom stereocenters. The van der Waals surface area contributed by atoms with Crippen LogP contribution in [-0.2, 0) is 16.3 Å². The first kappa shape index (κ1) is 24.0. The molecule has 3 aromatic carbocycles. The number of nitrogens with one attached hydrogen (secondary N) is 1. The minimum Gasteiger partial charge on any atom is -0.436 e. The minimum atomic E-state index is -5.83. The summed E-state index contributed by atoms with van der Waals surface area (Å²) < 4.78 is 69.1. The second kappa shape index (κ2) is 8.88. The number of aromatic nitrogens is 1. The Morgan fingerprint density at radius 1 is 1.09 bits per heavy atom. The summed E-state index contributed by atoms with van der Waals surface area (Å²) in [6, 6.07) is 15.9. The van der Waals surface area contributed by atoms with Crippen LogP contribution in [0.1, 0.15) is 28.4 Å². The standard InChI is InChI=1S/C24H16F3N3O4S/c1-2-14-3-6-16(7-4-14)23-30-19-12-17(8-9-20(19)34-23)29-22(31)18-11-15(13-28)5-10-21(18)35(32,33)24(25,26)27/h3-12H,2H2,1H3,(H,29,31). The van der Waals surface area contributed by atoms with E-state index in [0.29, 0.717) is 23.1 Å². The van der Waals surface area contributed by atoms with Crippen LogP contribution in [0.5, 0.6) is 0 Å². The van der Waals surface area contributed by atoms with Crippen LogP contribution >= 0.6 is 0 Å². The van der Waals surface area contributed by atoms with Gasteiger partial charge in [0.2, 0.25) is 5.89 Å². The topological polar surface area (TPSA) is 113 Å². The predicted octanol–water partition coefficient (Wildman–Crippen LogP) is 5.47. The van der Waals surface area contributed by atoms with Gasteiger partial charge in [-0.05, 0) is 60.5 Å². The molecule has 4 rings (SSSR count). The lowest BCUT2D eigenvalue weighted by Crippen LogP contribution is -2.26. The van der Waals surface area contributed by atoms with Crippen molar-refractivity contribution in [3.05, 3.63) is 77.4 Å². The van der Waals surface area contributed by atoms with E-state index in [1.54, 1.807) is 6.07 Å². The van der Waals surface area contributed by atoms with Crippen molar-refractivity contribution in [1.29, 1.82) is 5.26 Å². The van der Waals surface area contributed by atoms with E-state index in [1.165, 1.54) is 18.2 Å². The van der Waals surface area contributed by atoms with Gasteiger partial charge in [0.25, 0.3) is 15.7 Å². The summed E-state index contributed by atoms with van der Waals surface area (Å²) in [7, 11) is -5.83. The number of rotatable bonds is 5. The second-order valence-electron chi connectivity index (χ2n) is 7.48. The third kappa shape index (κ3) is 4.61. The van der Waals surface area contributed by atoms with E-state index in [9.17, 15) is 26.4 Å². The lowest BCUT2D eigenvalue weighted by molar-refractivity contribution is -0.0436. The Hall–Kier alpha value is -4.17. The van der Waals surface area contributed by atoms with Gasteiger partial charge in [0, 0.05) is 11.3 Å². The van der Waals surface area contributed by atoms with Crippen molar-refractivity contribution in [2.24, 2.45) is 0 Å². The van der Waals surface area contributed by atoms with Gasteiger partial charge in [0.1, 0.15) is 5.52 Å². The molecule has 1 heterocycles. The summed E-state index contributed by atoms with van der Waals surface area (Å²) in [6.45, 7) is 2.03. The highest BCUT2D eigenvalue weighted by Gasteiger charge is 2.48. The molecule has 11 heteroatoms. The van der Waals surface area contributed by atoms with Gasteiger partial charge in [-0.15, -0.1) is 0 Å². The molecule has 0 atom stereocenters. The number of hydrogen-bond donors (Lipinski definition) is 1. The number of oxazole rings is 1. The van der Waals surface area contributed by atoms with Gasteiger partial charge >= 0.3 is 5.51 Å². The van der Waals surface area contributed by atoms with E-state index < -0.39 is 31.7 Å². The first-order chi connectivity index (χ1) is 16.5. The third-order valence-electron chi connectivity index (χ3n) is 5.20. The average Bonchev–Trinajstić information content (AvgIpc) is 3.26. The molecule has 0 saturated heterocycles. The molecule has 0 saturated carbocycles. The number of benzene rings is 3. The second-order valence-corrected chi connectivity index (χ2v) is 9.39. The molecule has 1 amide bonds. The van der Waals surface area contributed by atoms with Crippen LogP contribution in [-0.4, -0.2) is 24.8 Å². The van der Waals surface area contributed by atoms with Gasteiger partial charge in [0.05, 0.1) is 22.1 Å². The maximum atomic E-state index is 13.1. The number of hydrogen-bond acceptors (Lipinski definition) is 6. The van der Waals surface area contributed by atoms with E-state index in [4.69, 9.17) is 9.68 Å². The SMILES string of the molecule is CCc1ccc(-c2nc3cc(NC(=O)c4cc(C#N)ccc4S(=O)(=O)C(F)(F)F)ccc3o2)cc1. The molecule has 1 N–H and O–H groups in total. The fourth-order valence-electron chi connectivity index (χ4n) is 3.35. The van der Waals surface area contributed by atoms with E-state index in [1.807, 2.05) is 31.2 Å². The fourth-order valence-corrected chi connectivity index (χ4v) is 4.28. The molecule has 0 bridgehead atoms. The Morgan fingerprint density at radius 2 is 1.80 bits per heavy atom. The summed E-state index contributed by atoms with van der Waals surface area (Å²) in [5, 5.41) is 11.4. The molecule has 0 aliphatic carbocycles. The zero-order valence-electron chi connectivity index (χ0n) is 18.1. The zero-order chi connectivity index (χ0) is 25.4. The normalized spacial score (nSPS) is 11.9. The average molecular weight is 499 g/mol. The number of alkyl halides is 3. The summed E-state index contributed by atoms with van der Waals surface area (Å²) in [4.78, 5) is 15.9. The van der Waals surface area contributed by atoms with E-state index in [0.717, 1.165) is 29.7 Å². The van der Waals surface area contributed by atoms with E-state index >= 15 is 0 Å². The van der Waals surface area contributed by atoms with Gasteiger partial charge in [0.15, 0.2) is 5.58 Å². The molecule has 35 heavy (non-hydrogen) atoms. The number of fused-ring (bicyclic) bond motifs is 1. The number of halogens is 3. The highest BCUT2D eigenvalue weighted by molar-refractivity contribution is 7.92. The molecule has 7 nitrogen and oxygen atoms in total. The van der Waals surface area contributed by atoms with Crippen molar-refractivity contribution in [2.45, 2.75) is 23.7 Å². The number of nitrogens with zero attached hydrogens (tertiary/aromatic N) is 2. The molecule has 0 spiro atoms. The van der Waals surface area contributed by atoms with E-state index in [2.05, 4.69) is 10.3 Å². The smallest absolute Gasteiger partial charge is 0.436 e. The Kier molecular flexibility index (Phi) is 6.08. The van der Waals surface area contributed by atoms with Crippen LogP contribution in [0.25, 0.3) is 22.6 Å². The quantitative estimate of drug-likeness (QED) is 0.389. The maximum absolute atomic E-state index is 13.1. The largest absolute Gasteiger partial charge is 0.501 e. The Morgan fingerprint density at radius 3 is 2.43 bits per heavy atom. The fraction of sp³-hybridized carbons (Fsp3) is 0.125. The van der Waals surface area contributed by atoms with Crippen molar-refractivity contribution >= 4 is 32.5 Å². The van der Waals surface area contributed by atoms with Gasteiger partial charge < -0.3 is 9.73 Å². The number of carbonyl (C=O) groups excluding carboxylic acids is 1. The number of anilines is 1. The highest BCUT2D eigenvalue weighted by Crippen LogP contribution is 2.33. The lowest BCUT2D eigenvalue weighted by Gasteiger charge is -2.13. The molecule has 178 valence electrons. The van der Waals surface area contributed by atoms with Crippen molar-refractivity contribution in [1.82, 2.24) is 4.98 Å². The van der Waals surface area contributed by atoms with Crippen LogP contribution < -0.4 is 5.32 Å². The zero-order valence-corrected chi connectivity index (χ0v) is 18.9. The monoisotopic (exact) mass is 499 g/mol. The molecule has 0 radical (unpaired) electrons. The van der Waals surface area contributed by atoms with E-state index in [-0.39, 0.29) is 11.3 Å². The number of amides is 1. The van der Waals surface area contributed by atoms with Crippen LogP contribution in [0.3, 0.4) is 0 Å². The molecule has 0 fully saturated rings. The summed E-state index contributed by atoms with van der Waals surface area (Å²) in [5.41, 5.74) is -3.82. The Bertz CT molecular complexity index is 1590. The van der Waals surface area contributed by atoms with Gasteiger partial charge in [-0.1, -0.05) is 19.1 Å². The highest BCUT2D eigenvalue weighted by atomic mass is 32.2. The van der Waals surface area contributed by atoms with Crippen LogP contribution in [0.15, 0.2) is 70.0 Å². The van der Waals surface area contributed by atoms with Crippen molar-refractivity contribution in [3.8, 4) is 17.5 Å². The van der Waals surface area contributed by atoms with Crippen molar-refractivity contribution in [2.75, 3.05) is 5.32 Å². The molecule has 0 aliphatic heterocycles. The first-order valence-corrected chi connectivity index (χ1v) is 11.7. The number of nitriles is 1. The Balaban J connectivity index is 1.68. The van der Waals surface area contributed by atoms with Gasteiger partial charge in [-0.2, -0.15) is 18.4 Å². The molecule has 4 aromatic rings. The molecule has 1 aromatic heterocycles. The maximum Gasteiger partial charge on any atom is 0.501 e. The van der Waals surface area contributed by atoms with Gasteiger partial charge in [-0.3, -0.25) is 4.79 Å². The number of carbonyl (C=O) groups is 1. The Labute approximate surface area is 197 Å². The summed E-state index contributed by atoms with van der Waals surface area (Å²) in [6.07, 6.45) is 0.875.